The Kier molecular flexibility index (Phi) is 7.07. The van der Waals surface area contributed by atoms with Crippen molar-refractivity contribution in [2.75, 3.05) is 0 Å². The minimum Gasteiger partial charge on any atom is -0.292 e. The summed E-state index contributed by atoms with van der Waals surface area (Å²) in [6, 6.07) is 70.4. The van der Waals surface area contributed by atoms with Gasteiger partial charge in [0.15, 0.2) is 0 Å². The largest absolute Gasteiger partial charge is 0.292 e. The van der Waals surface area contributed by atoms with Gasteiger partial charge < -0.3 is 0 Å². The van der Waals surface area contributed by atoms with Crippen molar-refractivity contribution in [1.29, 1.82) is 0 Å². The van der Waals surface area contributed by atoms with Gasteiger partial charge in [-0.05, 0) is 97.4 Å². The van der Waals surface area contributed by atoms with Gasteiger partial charge in [0.25, 0.3) is 0 Å². The molecule has 0 spiro atoms. The molecular formula is C51H32N2S. The van der Waals surface area contributed by atoms with Crippen molar-refractivity contribution in [1.82, 2.24) is 9.55 Å². The molecule has 0 fully saturated rings. The van der Waals surface area contributed by atoms with E-state index in [0.29, 0.717) is 0 Å². The molecule has 0 aliphatic carbocycles. The highest BCUT2D eigenvalue weighted by Gasteiger charge is 2.21. The van der Waals surface area contributed by atoms with Crippen molar-refractivity contribution in [2.45, 2.75) is 0 Å². The maximum atomic E-state index is 5.09. The fourth-order valence-electron chi connectivity index (χ4n) is 8.42. The second-order valence-electron chi connectivity index (χ2n) is 13.9. The molecule has 252 valence electrons. The molecule has 0 aliphatic rings. The fourth-order valence-corrected chi connectivity index (χ4v) is 9.55. The maximum absolute atomic E-state index is 5.09. The second kappa shape index (κ2) is 12.4. The zero-order valence-electron chi connectivity index (χ0n) is 29.3. The summed E-state index contributed by atoms with van der Waals surface area (Å²) < 4.78 is 4.91. The third kappa shape index (κ3) is 4.83. The van der Waals surface area contributed by atoms with Crippen LogP contribution in [0.2, 0.25) is 0 Å². The number of benzene rings is 9. The van der Waals surface area contributed by atoms with Gasteiger partial charge in [0.2, 0.25) is 0 Å². The van der Waals surface area contributed by atoms with Gasteiger partial charge >= 0.3 is 0 Å². The van der Waals surface area contributed by atoms with Crippen molar-refractivity contribution >= 4 is 64.1 Å². The lowest BCUT2D eigenvalue weighted by molar-refractivity contribution is 1.10. The summed E-state index contributed by atoms with van der Waals surface area (Å²) >= 11 is 1.88. The molecule has 2 aromatic heterocycles. The number of hydrogen-bond donors (Lipinski definition) is 0. The summed E-state index contributed by atoms with van der Waals surface area (Å²) in [5.41, 5.74) is 11.7. The third-order valence-corrected chi connectivity index (χ3v) is 11.9. The van der Waals surface area contributed by atoms with Crippen LogP contribution in [0.5, 0.6) is 0 Å². The van der Waals surface area contributed by atoms with Crippen LogP contribution < -0.4 is 0 Å². The van der Waals surface area contributed by atoms with E-state index in [9.17, 15) is 0 Å². The Balaban J connectivity index is 1.18. The van der Waals surface area contributed by atoms with E-state index in [-0.39, 0.29) is 0 Å². The number of fused-ring (bicyclic) bond motifs is 6. The molecule has 3 heteroatoms. The van der Waals surface area contributed by atoms with E-state index in [1.807, 2.05) is 11.3 Å². The maximum Gasteiger partial charge on any atom is 0.145 e. The minimum absolute atomic E-state index is 0.938. The molecule has 0 bridgehead atoms. The normalized spacial score (nSPS) is 11.7. The monoisotopic (exact) mass is 704 g/mol. The number of nitrogens with zero attached hydrogens (tertiary/aromatic N) is 2. The molecule has 0 saturated heterocycles. The van der Waals surface area contributed by atoms with Crippen LogP contribution in [-0.2, 0) is 0 Å². The fraction of sp³-hybridized carbons (Fsp3) is 0. The van der Waals surface area contributed by atoms with E-state index in [1.165, 1.54) is 75.1 Å². The van der Waals surface area contributed by atoms with Gasteiger partial charge in [0.05, 0.1) is 11.0 Å². The molecule has 0 atom stereocenters. The Bertz CT molecular complexity index is 3190. The molecule has 11 aromatic rings. The van der Waals surface area contributed by atoms with Crippen molar-refractivity contribution in [3.05, 3.63) is 194 Å². The van der Waals surface area contributed by atoms with E-state index < -0.39 is 0 Å². The molecule has 54 heavy (non-hydrogen) atoms. The SMILES string of the molecule is c1ccc(-c2ccc3c(-c4ccc(-n5c(-c6ccccc6)nc6ccccc65)cc4)c4ccccc4c(-c4cccc5sc6ccccc6c45)c3c2)cc1. The predicted molar refractivity (Wildman–Crippen MR) is 231 cm³/mol. The number of thiophene rings is 1. The number of rotatable bonds is 5. The lowest BCUT2D eigenvalue weighted by Gasteiger charge is -2.20. The highest BCUT2D eigenvalue weighted by Crippen LogP contribution is 2.48. The molecule has 0 radical (unpaired) electrons. The van der Waals surface area contributed by atoms with Crippen molar-refractivity contribution < 1.29 is 0 Å². The summed E-state index contributed by atoms with van der Waals surface area (Å²) in [5.74, 6) is 0.938. The minimum atomic E-state index is 0.938. The lowest BCUT2D eigenvalue weighted by atomic mass is 9.84. The van der Waals surface area contributed by atoms with Crippen LogP contribution in [0.4, 0.5) is 0 Å². The average Bonchev–Trinajstić information content (AvgIpc) is 3.83. The molecule has 11 rings (SSSR count). The topological polar surface area (TPSA) is 17.8 Å². The Morgan fingerprint density at radius 3 is 1.80 bits per heavy atom. The molecule has 0 saturated carbocycles. The lowest BCUT2D eigenvalue weighted by Crippen LogP contribution is -1.98. The van der Waals surface area contributed by atoms with Crippen molar-refractivity contribution in [3.63, 3.8) is 0 Å². The smallest absolute Gasteiger partial charge is 0.145 e. The molecule has 0 amide bonds. The van der Waals surface area contributed by atoms with Gasteiger partial charge in [0.1, 0.15) is 5.82 Å². The summed E-state index contributed by atoms with van der Waals surface area (Å²) in [5, 5.41) is 7.63. The quantitative estimate of drug-likeness (QED) is 0.163. The first-order valence-electron chi connectivity index (χ1n) is 18.4. The van der Waals surface area contributed by atoms with E-state index in [4.69, 9.17) is 4.98 Å². The van der Waals surface area contributed by atoms with Crippen LogP contribution >= 0.6 is 11.3 Å². The molecule has 0 aliphatic heterocycles. The van der Waals surface area contributed by atoms with Gasteiger partial charge in [-0.1, -0.05) is 152 Å². The summed E-state index contributed by atoms with van der Waals surface area (Å²) in [7, 11) is 0. The van der Waals surface area contributed by atoms with E-state index in [0.717, 1.165) is 28.1 Å². The van der Waals surface area contributed by atoms with Crippen LogP contribution in [0.1, 0.15) is 0 Å². The molecule has 0 unspecified atom stereocenters. The Labute approximate surface area is 316 Å². The standard InChI is InChI=1S/C51H32N2S/c1-3-14-33(15-4-1)36-28-31-40-43(32-36)49(42-21-13-25-47-50(42)41-20-9-12-24-46(41)54-47)39-19-8-7-18-38(39)48(40)34-26-29-37(30-27-34)53-45-23-11-10-22-44(45)52-51(53)35-16-5-2-6-17-35/h1-32H. The van der Waals surface area contributed by atoms with Crippen molar-refractivity contribution in [2.24, 2.45) is 0 Å². The van der Waals surface area contributed by atoms with Gasteiger partial charge in [-0.15, -0.1) is 11.3 Å². The van der Waals surface area contributed by atoms with Crippen LogP contribution in [0.15, 0.2) is 194 Å². The molecule has 2 nitrogen and oxygen atoms in total. The number of para-hydroxylation sites is 2. The third-order valence-electron chi connectivity index (χ3n) is 10.8. The zero-order chi connectivity index (χ0) is 35.6. The molecule has 9 aromatic carbocycles. The van der Waals surface area contributed by atoms with E-state index in [2.05, 4.69) is 199 Å². The first-order chi connectivity index (χ1) is 26.8. The number of aromatic nitrogens is 2. The van der Waals surface area contributed by atoms with Gasteiger partial charge in [-0.25, -0.2) is 4.98 Å². The highest BCUT2D eigenvalue weighted by atomic mass is 32.1. The van der Waals surface area contributed by atoms with Crippen molar-refractivity contribution in [3.8, 4) is 50.5 Å². The predicted octanol–water partition coefficient (Wildman–Crippen LogP) is 14.4. The van der Waals surface area contributed by atoms with Crippen LogP contribution in [0.25, 0.3) is 103 Å². The first kappa shape index (κ1) is 30.8. The number of imidazole rings is 1. The number of hydrogen-bond acceptors (Lipinski definition) is 2. The summed E-state index contributed by atoms with van der Waals surface area (Å²) in [6.45, 7) is 0. The average molecular weight is 705 g/mol. The first-order valence-corrected chi connectivity index (χ1v) is 19.2. The van der Waals surface area contributed by atoms with Crippen LogP contribution in [-0.4, -0.2) is 9.55 Å². The van der Waals surface area contributed by atoms with E-state index in [1.54, 1.807) is 0 Å². The summed E-state index contributed by atoms with van der Waals surface area (Å²) in [4.78, 5) is 5.09. The Morgan fingerprint density at radius 2 is 1.00 bits per heavy atom. The van der Waals surface area contributed by atoms with Crippen LogP contribution in [0, 0.1) is 0 Å². The van der Waals surface area contributed by atoms with Crippen LogP contribution in [0.3, 0.4) is 0 Å². The van der Waals surface area contributed by atoms with E-state index >= 15 is 0 Å². The second-order valence-corrected chi connectivity index (χ2v) is 15.0. The molecule has 0 N–H and O–H groups in total. The Morgan fingerprint density at radius 1 is 0.389 bits per heavy atom. The highest BCUT2D eigenvalue weighted by molar-refractivity contribution is 7.25. The van der Waals surface area contributed by atoms with Gasteiger partial charge in [-0.3, -0.25) is 4.57 Å². The molecular weight excluding hydrogens is 673 g/mol. The Hall–Kier alpha value is -6.81. The molecule has 2 heterocycles. The van der Waals surface area contributed by atoms with Gasteiger partial charge in [0, 0.05) is 31.4 Å². The zero-order valence-corrected chi connectivity index (χ0v) is 30.1. The van der Waals surface area contributed by atoms with Gasteiger partial charge in [-0.2, -0.15) is 0 Å². The summed E-state index contributed by atoms with van der Waals surface area (Å²) in [6.07, 6.45) is 0.